The molecule has 2 nitrogen and oxygen atoms in total. The van der Waals surface area contributed by atoms with Gasteiger partial charge in [0.05, 0.1) is 6.61 Å². The van der Waals surface area contributed by atoms with Crippen molar-refractivity contribution in [2.24, 2.45) is 5.92 Å². The van der Waals surface area contributed by atoms with Gasteiger partial charge < -0.3 is 10.1 Å². The summed E-state index contributed by atoms with van der Waals surface area (Å²) in [5.74, 6) is 0.939. The minimum Gasteiger partial charge on any atom is -0.380 e. The van der Waals surface area contributed by atoms with E-state index in [1.165, 1.54) is 57.9 Å². The van der Waals surface area contributed by atoms with E-state index < -0.39 is 0 Å². The minimum atomic E-state index is 0.641. The molecule has 0 aromatic heterocycles. The van der Waals surface area contributed by atoms with E-state index in [2.05, 4.69) is 5.32 Å². The molecular formula is C13H25NO. The van der Waals surface area contributed by atoms with Crippen LogP contribution < -0.4 is 5.32 Å². The lowest BCUT2D eigenvalue weighted by atomic mass is 9.99. The van der Waals surface area contributed by atoms with E-state index in [0.29, 0.717) is 6.04 Å². The summed E-state index contributed by atoms with van der Waals surface area (Å²) < 4.78 is 5.48. The molecule has 1 saturated heterocycles. The fourth-order valence-corrected chi connectivity index (χ4v) is 2.80. The van der Waals surface area contributed by atoms with Crippen LogP contribution in [0.5, 0.6) is 0 Å². The van der Waals surface area contributed by atoms with Gasteiger partial charge in [-0.1, -0.05) is 25.7 Å². The van der Waals surface area contributed by atoms with E-state index in [4.69, 9.17) is 4.74 Å². The van der Waals surface area contributed by atoms with Gasteiger partial charge in [0.2, 0.25) is 0 Å². The van der Waals surface area contributed by atoms with E-state index in [-0.39, 0.29) is 0 Å². The van der Waals surface area contributed by atoms with Crippen LogP contribution in [-0.2, 0) is 4.74 Å². The van der Waals surface area contributed by atoms with Gasteiger partial charge in [-0.05, 0) is 38.1 Å². The molecule has 0 amide bonds. The maximum atomic E-state index is 5.48. The second-order valence-electron chi connectivity index (χ2n) is 5.18. The van der Waals surface area contributed by atoms with Gasteiger partial charge >= 0.3 is 0 Å². The Kier molecular flexibility index (Phi) is 4.94. The van der Waals surface area contributed by atoms with Crippen molar-refractivity contribution in [1.29, 1.82) is 0 Å². The molecular weight excluding hydrogens is 186 g/mol. The molecule has 2 rings (SSSR count). The third kappa shape index (κ3) is 4.12. The van der Waals surface area contributed by atoms with Crippen molar-refractivity contribution in [3.05, 3.63) is 0 Å². The summed E-state index contributed by atoms with van der Waals surface area (Å²) in [7, 11) is 0. The Labute approximate surface area is 93.8 Å². The molecule has 0 bridgehead atoms. The highest BCUT2D eigenvalue weighted by Gasteiger charge is 2.16. The Morgan fingerprint density at radius 3 is 2.40 bits per heavy atom. The Balaban J connectivity index is 1.62. The summed E-state index contributed by atoms with van der Waals surface area (Å²) in [5.41, 5.74) is 0. The average molecular weight is 211 g/mol. The Bertz CT molecular complexity index is 158. The maximum absolute atomic E-state index is 5.48. The largest absolute Gasteiger partial charge is 0.380 e. The molecule has 15 heavy (non-hydrogen) atoms. The summed E-state index contributed by atoms with van der Waals surface area (Å²) in [6.07, 6.45) is 11.3. The van der Waals surface area contributed by atoms with Gasteiger partial charge in [0.15, 0.2) is 0 Å². The third-order valence-electron chi connectivity index (χ3n) is 3.83. The zero-order valence-electron chi connectivity index (χ0n) is 9.84. The van der Waals surface area contributed by atoms with Crippen LogP contribution >= 0.6 is 0 Å². The van der Waals surface area contributed by atoms with Gasteiger partial charge in [-0.15, -0.1) is 0 Å². The highest BCUT2D eigenvalue weighted by molar-refractivity contribution is 4.73. The second kappa shape index (κ2) is 6.49. The van der Waals surface area contributed by atoms with Crippen molar-refractivity contribution in [2.45, 2.75) is 57.4 Å². The van der Waals surface area contributed by atoms with Crippen LogP contribution in [0, 0.1) is 5.92 Å². The molecule has 88 valence electrons. The van der Waals surface area contributed by atoms with Crippen molar-refractivity contribution in [3.8, 4) is 0 Å². The predicted molar refractivity (Wildman–Crippen MR) is 63.0 cm³/mol. The molecule has 1 atom stereocenters. The van der Waals surface area contributed by atoms with Crippen LogP contribution in [0.4, 0.5) is 0 Å². The molecule has 1 heterocycles. The summed E-state index contributed by atoms with van der Waals surface area (Å²) in [6, 6.07) is 0.641. The molecule has 0 spiro atoms. The molecule has 1 aliphatic heterocycles. The lowest BCUT2D eigenvalue weighted by Crippen LogP contribution is -2.39. The lowest BCUT2D eigenvalue weighted by molar-refractivity contribution is 0.0688. The van der Waals surface area contributed by atoms with E-state index in [1.54, 1.807) is 0 Å². The lowest BCUT2D eigenvalue weighted by Gasteiger charge is -2.25. The Hall–Kier alpha value is -0.0800. The van der Waals surface area contributed by atoms with Crippen LogP contribution in [0.2, 0.25) is 0 Å². The number of nitrogens with one attached hydrogen (secondary N) is 1. The smallest absolute Gasteiger partial charge is 0.0619 e. The zero-order chi connectivity index (χ0) is 10.3. The third-order valence-corrected chi connectivity index (χ3v) is 3.83. The van der Waals surface area contributed by atoms with Gasteiger partial charge in [0, 0.05) is 12.6 Å². The van der Waals surface area contributed by atoms with E-state index >= 15 is 0 Å². The molecule has 2 heteroatoms. The van der Waals surface area contributed by atoms with Gasteiger partial charge in [-0.3, -0.25) is 0 Å². The van der Waals surface area contributed by atoms with Crippen LogP contribution in [0.3, 0.4) is 0 Å². The number of ether oxygens (including phenoxy) is 1. The quantitative estimate of drug-likeness (QED) is 0.725. The molecule has 0 aromatic rings. The highest BCUT2D eigenvalue weighted by Crippen LogP contribution is 2.22. The molecule has 0 aromatic carbocycles. The van der Waals surface area contributed by atoms with Gasteiger partial charge in [0.25, 0.3) is 0 Å². The molecule has 0 radical (unpaired) electrons. The molecule has 1 saturated carbocycles. The maximum Gasteiger partial charge on any atom is 0.0619 e. The summed E-state index contributed by atoms with van der Waals surface area (Å²) in [6.45, 7) is 3.14. The summed E-state index contributed by atoms with van der Waals surface area (Å²) >= 11 is 0. The van der Waals surface area contributed by atoms with Crippen molar-refractivity contribution in [3.63, 3.8) is 0 Å². The monoisotopic (exact) mass is 211 g/mol. The summed E-state index contributed by atoms with van der Waals surface area (Å²) in [4.78, 5) is 0. The first-order valence-corrected chi connectivity index (χ1v) is 6.76. The molecule has 2 fully saturated rings. The SMILES string of the molecule is C1CCCC(CNC2CCCOC2)CC1. The first-order chi connectivity index (χ1) is 7.45. The van der Waals surface area contributed by atoms with Crippen LogP contribution in [0.1, 0.15) is 51.4 Å². The van der Waals surface area contributed by atoms with E-state index in [0.717, 1.165) is 19.1 Å². The van der Waals surface area contributed by atoms with Crippen molar-refractivity contribution >= 4 is 0 Å². The molecule has 2 aliphatic rings. The van der Waals surface area contributed by atoms with Crippen molar-refractivity contribution < 1.29 is 4.74 Å². The zero-order valence-corrected chi connectivity index (χ0v) is 9.84. The molecule has 1 unspecified atom stereocenters. The second-order valence-corrected chi connectivity index (χ2v) is 5.18. The topological polar surface area (TPSA) is 21.3 Å². The first kappa shape index (κ1) is 11.4. The van der Waals surface area contributed by atoms with Crippen LogP contribution in [0.15, 0.2) is 0 Å². The van der Waals surface area contributed by atoms with E-state index in [9.17, 15) is 0 Å². The summed E-state index contributed by atoms with van der Waals surface area (Å²) in [5, 5.41) is 3.69. The van der Waals surface area contributed by atoms with Gasteiger partial charge in [0.1, 0.15) is 0 Å². The van der Waals surface area contributed by atoms with Crippen molar-refractivity contribution in [2.75, 3.05) is 19.8 Å². The highest BCUT2D eigenvalue weighted by atomic mass is 16.5. The molecule has 1 aliphatic carbocycles. The Morgan fingerprint density at radius 1 is 0.933 bits per heavy atom. The Morgan fingerprint density at radius 2 is 1.73 bits per heavy atom. The number of hydrogen-bond acceptors (Lipinski definition) is 2. The fraction of sp³-hybridized carbons (Fsp3) is 1.00. The van der Waals surface area contributed by atoms with Gasteiger partial charge in [-0.25, -0.2) is 0 Å². The molecule has 1 N–H and O–H groups in total. The van der Waals surface area contributed by atoms with Crippen LogP contribution in [-0.4, -0.2) is 25.8 Å². The first-order valence-electron chi connectivity index (χ1n) is 6.76. The minimum absolute atomic E-state index is 0.641. The number of hydrogen-bond donors (Lipinski definition) is 1. The normalized spacial score (nSPS) is 30.0. The van der Waals surface area contributed by atoms with Crippen molar-refractivity contribution in [1.82, 2.24) is 5.32 Å². The van der Waals surface area contributed by atoms with Crippen LogP contribution in [0.25, 0.3) is 0 Å². The average Bonchev–Trinajstić information content (AvgIpc) is 2.56. The number of rotatable bonds is 3. The van der Waals surface area contributed by atoms with E-state index in [1.807, 2.05) is 0 Å². The standard InChI is InChI=1S/C13H25NO/c1-2-4-7-12(6-3-1)10-14-13-8-5-9-15-11-13/h12-14H,1-11H2. The van der Waals surface area contributed by atoms with Gasteiger partial charge in [-0.2, -0.15) is 0 Å². The fourth-order valence-electron chi connectivity index (χ4n) is 2.80. The predicted octanol–water partition coefficient (Wildman–Crippen LogP) is 2.73.